The molecule has 4 heteroatoms. The van der Waals surface area contributed by atoms with Crippen LogP contribution in [0, 0.1) is 5.41 Å². The summed E-state index contributed by atoms with van der Waals surface area (Å²) in [5.41, 5.74) is 1.29. The lowest BCUT2D eigenvalue weighted by Crippen LogP contribution is -2.24. The van der Waals surface area contributed by atoms with E-state index in [1.54, 1.807) is 11.3 Å². The summed E-state index contributed by atoms with van der Waals surface area (Å²) in [4.78, 5) is 5.87. The number of ether oxygens (including phenoxy) is 1. The fraction of sp³-hybridized carbons (Fsp3) is 0.800. The molecule has 106 valence electrons. The summed E-state index contributed by atoms with van der Waals surface area (Å²) in [5, 5.41) is 11.4. The Hall–Kier alpha value is -0.450. The van der Waals surface area contributed by atoms with Crippen LogP contribution in [0.2, 0.25) is 0 Å². The molecule has 0 radical (unpaired) electrons. The number of rotatable bonds is 2. The lowest BCUT2D eigenvalue weighted by Gasteiger charge is -2.31. The van der Waals surface area contributed by atoms with Gasteiger partial charge in [-0.05, 0) is 37.5 Å². The second kappa shape index (κ2) is 5.15. The van der Waals surface area contributed by atoms with E-state index in [2.05, 4.69) is 13.8 Å². The number of hydrogen-bond donors (Lipinski definition) is 1. The van der Waals surface area contributed by atoms with Gasteiger partial charge < -0.3 is 9.84 Å². The summed E-state index contributed by atoms with van der Waals surface area (Å²) in [7, 11) is 0. The number of aromatic nitrogens is 1. The fourth-order valence-corrected chi connectivity index (χ4v) is 4.33. The quantitative estimate of drug-likeness (QED) is 0.904. The van der Waals surface area contributed by atoms with Crippen molar-refractivity contribution in [2.45, 2.75) is 64.6 Å². The van der Waals surface area contributed by atoms with Crippen molar-refractivity contribution in [3.63, 3.8) is 0 Å². The number of aliphatic hydroxyl groups excluding tert-OH is 1. The van der Waals surface area contributed by atoms with Crippen molar-refractivity contribution < 1.29 is 9.84 Å². The zero-order valence-corrected chi connectivity index (χ0v) is 12.6. The summed E-state index contributed by atoms with van der Waals surface area (Å²) >= 11 is 1.70. The maximum Gasteiger partial charge on any atom is 0.0957 e. The van der Waals surface area contributed by atoms with Gasteiger partial charge in [0.15, 0.2) is 0 Å². The van der Waals surface area contributed by atoms with Gasteiger partial charge in [-0.1, -0.05) is 13.8 Å². The molecule has 1 aromatic heterocycles. The Balaban J connectivity index is 1.75. The maximum absolute atomic E-state index is 10.3. The molecule has 19 heavy (non-hydrogen) atoms. The first-order valence-electron chi connectivity index (χ1n) is 7.32. The molecule has 1 aliphatic carbocycles. The van der Waals surface area contributed by atoms with Gasteiger partial charge >= 0.3 is 0 Å². The number of nitrogens with zero attached hydrogens (tertiary/aromatic N) is 1. The number of thiazole rings is 1. The van der Waals surface area contributed by atoms with E-state index in [4.69, 9.17) is 9.72 Å². The van der Waals surface area contributed by atoms with Crippen LogP contribution in [0.1, 0.15) is 61.2 Å². The van der Waals surface area contributed by atoms with Gasteiger partial charge in [0.1, 0.15) is 0 Å². The van der Waals surface area contributed by atoms with Gasteiger partial charge in [-0.25, -0.2) is 4.98 Å². The minimum absolute atomic E-state index is 0.166. The van der Waals surface area contributed by atoms with E-state index in [-0.39, 0.29) is 11.5 Å². The molecule has 3 rings (SSSR count). The standard InChI is InChI=1S/C15H23NO2S/c1-15(2)8-11-14(12(17)9-15)19-13(16-11)7-10-5-3-4-6-18-10/h10,12,17H,3-9H2,1-2H3. The van der Waals surface area contributed by atoms with Gasteiger partial charge in [0.05, 0.1) is 27.8 Å². The highest BCUT2D eigenvalue weighted by Crippen LogP contribution is 2.43. The van der Waals surface area contributed by atoms with Crippen molar-refractivity contribution in [3.8, 4) is 0 Å². The second-order valence-electron chi connectivity index (χ2n) is 6.67. The Morgan fingerprint density at radius 3 is 3.00 bits per heavy atom. The minimum Gasteiger partial charge on any atom is -0.387 e. The first-order chi connectivity index (χ1) is 9.03. The average Bonchev–Trinajstić information content (AvgIpc) is 2.71. The molecule has 0 amide bonds. The highest BCUT2D eigenvalue weighted by molar-refractivity contribution is 7.11. The van der Waals surface area contributed by atoms with E-state index in [1.165, 1.54) is 12.8 Å². The molecule has 3 nitrogen and oxygen atoms in total. The summed E-state index contributed by atoms with van der Waals surface area (Å²) in [5.74, 6) is 0. The van der Waals surface area contributed by atoms with Crippen LogP contribution in [0.15, 0.2) is 0 Å². The molecule has 1 aromatic rings. The third kappa shape index (κ3) is 3.01. The first-order valence-corrected chi connectivity index (χ1v) is 8.13. The Labute approximate surface area is 119 Å². The summed E-state index contributed by atoms with van der Waals surface area (Å²) < 4.78 is 5.79. The van der Waals surface area contributed by atoms with Crippen LogP contribution in [-0.4, -0.2) is 22.8 Å². The van der Waals surface area contributed by atoms with E-state index < -0.39 is 0 Å². The SMILES string of the molecule is CC1(C)Cc2nc(CC3CCCCO3)sc2C(O)C1. The Morgan fingerprint density at radius 2 is 2.26 bits per heavy atom. The molecule has 2 unspecified atom stereocenters. The largest absolute Gasteiger partial charge is 0.387 e. The highest BCUT2D eigenvalue weighted by Gasteiger charge is 2.34. The molecule has 0 spiro atoms. The molecule has 1 aliphatic heterocycles. The molecule has 0 aromatic carbocycles. The average molecular weight is 281 g/mol. The van der Waals surface area contributed by atoms with Gasteiger partial charge in [0, 0.05) is 13.0 Å². The first kappa shape index (κ1) is 13.5. The van der Waals surface area contributed by atoms with Crippen molar-refractivity contribution >= 4 is 11.3 Å². The normalized spacial score (nSPS) is 30.1. The third-order valence-electron chi connectivity index (χ3n) is 4.14. The molecule has 2 aliphatic rings. The topological polar surface area (TPSA) is 42.4 Å². The zero-order valence-electron chi connectivity index (χ0n) is 11.8. The van der Waals surface area contributed by atoms with E-state index >= 15 is 0 Å². The molecule has 2 heterocycles. The highest BCUT2D eigenvalue weighted by atomic mass is 32.1. The molecule has 1 saturated heterocycles. The minimum atomic E-state index is -0.322. The van der Waals surface area contributed by atoms with Crippen LogP contribution in [0.25, 0.3) is 0 Å². The smallest absolute Gasteiger partial charge is 0.0957 e. The number of fused-ring (bicyclic) bond motifs is 1. The predicted molar refractivity (Wildman–Crippen MR) is 76.5 cm³/mol. The Kier molecular flexibility index (Phi) is 3.67. The van der Waals surface area contributed by atoms with Crippen molar-refractivity contribution in [3.05, 3.63) is 15.6 Å². The molecular formula is C15H23NO2S. The second-order valence-corrected chi connectivity index (χ2v) is 7.79. The number of hydrogen-bond acceptors (Lipinski definition) is 4. The van der Waals surface area contributed by atoms with E-state index in [1.807, 2.05) is 0 Å². The monoisotopic (exact) mass is 281 g/mol. The van der Waals surface area contributed by atoms with E-state index in [9.17, 15) is 5.11 Å². The maximum atomic E-state index is 10.3. The van der Waals surface area contributed by atoms with Gasteiger partial charge in [-0.2, -0.15) is 0 Å². The fourth-order valence-electron chi connectivity index (χ4n) is 3.19. The number of aliphatic hydroxyl groups is 1. The predicted octanol–water partition coefficient (Wildman–Crippen LogP) is 3.26. The van der Waals surface area contributed by atoms with Gasteiger partial charge in [-0.3, -0.25) is 0 Å². The van der Waals surface area contributed by atoms with E-state index in [0.717, 1.165) is 47.9 Å². The van der Waals surface area contributed by atoms with Crippen LogP contribution in [-0.2, 0) is 17.6 Å². The van der Waals surface area contributed by atoms with Crippen molar-refractivity contribution in [1.82, 2.24) is 4.98 Å². The molecule has 2 atom stereocenters. The lowest BCUT2D eigenvalue weighted by molar-refractivity contribution is 0.0167. The van der Waals surface area contributed by atoms with Gasteiger partial charge in [0.25, 0.3) is 0 Å². The van der Waals surface area contributed by atoms with Crippen LogP contribution in [0.4, 0.5) is 0 Å². The van der Waals surface area contributed by atoms with Gasteiger partial charge in [-0.15, -0.1) is 11.3 Å². The zero-order chi connectivity index (χ0) is 13.5. The van der Waals surface area contributed by atoms with Crippen molar-refractivity contribution in [2.24, 2.45) is 5.41 Å². The Bertz CT molecular complexity index is 449. The Morgan fingerprint density at radius 1 is 1.42 bits per heavy atom. The van der Waals surface area contributed by atoms with Crippen LogP contribution in [0.3, 0.4) is 0 Å². The molecule has 0 saturated carbocycles. The molecule has 1 fully saturated rings. The third-order valence-corrected chi connectivity index (χ3v) is 5.36. The van der Waals surface area contributed by atoms with Crippen molar-refractivity contribution in [2.75, 3.05) is 6.61 Å². The summed E-state index contributed by atoms with van der Waals surface area (Å²) in [6.07, 6.45) is 6.39. The van der Waals surface area contributed by atoms with Gasteiger partial charge in [0.2, 0.25) is 0 Å². The molecule has 1 N–H and O–H groups in total. The van der Waals surface area contributed by atoms with E-state index in [0.29, 0.717) is 6.10 Å². The summed E-state index contributed by atoms with van der Waals surface area (Å²) in [6.45, 7) is 5.32. The van der Waals surface area contributed by atoms with Crippen LogP contribution >= 0.6 is 11.3 Å². The lowest BCUT2D eigenvalue weighted by atomic mass is 9.77. The van der Waals surface area contributed by atoms with Crippen LogP contribution < -0.4 is 0 Å². The molecular weight excluding hydrogens is 258 g/mol. The van der Waals surface area contributed by atoms with Crippen LogP contribution in [0.5, 0.6) is 0 Å². The molecule has 0 bridgehead atoms. The summed E-state index contributed by atoms with van der Waals surface area (Å²) in [6, 6.07) is 0. The van der Waals surface area contributed by atoms with Crippen molar-refractivity contribution in [1.29, 1.82) is 0 Å².